The predicted molar refractivity (Wildman–Crippen MR) is 143 cm³/mol. The number of nitrogens with zero attached hydrogens (tertiary/aromatic N) is 3. The maximum Gasteiger partial charge on any atom is 0.329 e. The zero-order valence-corrected chi connectivity index (χ0v) is 21.8. The van der Waals surface area contributed by atoms with Crippen LogP contribution in [0.2, 0.25) is 0 Å². The highest BCUT2D eigenvalue weighted by Gasteiger charge is 2.42. The van der Waals surface area contributed by atoms with E-state index in [1.807, 2.05) is 30.3 Å². The van der Waals surface area contributed by atoms with Gasteiger partial charge < -0.3 is 14.6 Å². The number of aliphatic carboxylic acids is 1. The van der Waals surface area contributed by atoms with Crippen molar-refractivity contribution in [2.75, 3.05) is 13.7 Å². The van der Waals surface area contributed by atoms with Crippen LogP contribution in [-0.2, 0) is 25.5 Å². The van der Waals surface area contributed by atoms with E-state index in [-0.39, 0.29) is 28.7 Å². The largest absolute Gasteiger partial charge is 0.497 e. The maximum atomic E-state index is 13.4. The molecular weight excluding hydrogens is 514 g/mol. The summed E-state index contributed by atoms with van der Waals surface area (Å²) in [6.45, 7) is 1.85. The van der Waals surface area contributed by atoms with Crippen molar-refractivity contribution in [2.45, 2.75) is 31.8 Å². The molecule has 37 heavy (non-hydrogen) atoms. The van der Waals surface area contributed by atoms with Gasteiger partial charge in [-0.2, -0.15) is 5.10 Å². The highest BCUT2D eigenvalue weighted by Crippen LogP contribution is 2.35. The van der Waals surface area contributed by atoms with Crippen molar-refractivity contribution in [3.8, 4) is 5.75 Å². The van der Waals surface area contributed by atoms with Gasteiger partial charge in [0.2, 0.25) is 0 Å². The van der Waals surface area contributed by atoms with Gasteiger partial charge in [0, 0.05) is 19.0 Å². The summed E-state index contributed by atoms with van der Waals surface area (Å²) >= 11 is 6.47. The first kappa shape index (κ1) is 26.4. The smallest absolute Gasteiger partial charge is 0.329 e. The first-order chi connectivity index (χ1) is 17.8. The molecule has 0 aromatic heterocycles. The van der Waals surface area contributed by atoms with E-state index in [0.29, 0.717) is 11.5 Å². The maximum absolute atomic E-state index is 13.4. The lowest BCUT2D eigenvalue weighted by molar-refractivity contribution is -0.150. The molecule has 0 saturated carbocycles. The van der Waals surface area contributed by atoms with Crippen molar-refractivity contribution >= 4 is 51.9 Å². The van der Waals surface area contributed by atoms with Crippen LogP contribution >= 0.6 is 24.0 Å². The summed E-state index contributed by atoms with van der Waals surface area (Å²) in [5, 5.41) is 15.5. The van der Waals surface area contributed by atoms with Gasteiger partial charge in [-0.05, 0) is 42.3 Å². The van der Waals surface area contributed by atoms with Crippen molar-refractivity contribution in [3.63, 3.8) is 0 Å². The Morgan fingerprint density at radius 2 is 1.92 bits per heavy atom. The number of benzene rings is 2. The molecule has 2 aromatic rings. The van der Waals surface area contributed by atoms with Gasteiger partial charge in [-0.25, -0.2) is 9.59 Å². The van der Waals surface area contributed by atoms with E-state index in [2.05, 4.69) is 5.10 Å². The summed E-state index contributed by atoms with van der Waals surface area (Å²) < 4.78 is 10.6. The van der Waals surface area contributed by atoms with Gasteiger partial charge in [0.25, 0.3) is 5.91 Å². The second-order valence-corrected chi connectivity index (χ2v) is 9.88. The molecule has 0 unspecified atom stereocenters. The monoisotopic (exact) mass is 539 g/mol. The Kier molecular flexibility index (Phi) is 8.24. The SMILES string of the molecule is CCOC(=O)[C@H](Cc1ccccc1)N1C(=O)/C(=C/N2N=C(c3ccc(OC)cc3)C[C@H]2C(=O)O)SC1=S. The Balaban J connectivity index is 1.62. The van der Waals surface area contributed by atoms with Gasteiger partial charge in [0.15, 0.2) is 6.04 Å². The van der Waals surface area contributed by atoms with E-state index < -0.39 is 29.9 Å². The number of amides is 1. The van der Waals surface area contributed by atoms with E-state index >= 15 is 0 Å². The summed E-state index contributed by atoms with van der Waals surface area (Å²) in [6.07, 6.45) is 1.76. The molecule has 1 N–H and O–H groups in total. The van der Waals surface area contributed by atoms with Gasteiger partial charge in [0.05, 0.1) is 24.3 Å². The summed E-state index contributed by atoms with van der Waals surface area (Å²) in [7, 11) is 1.56. The van der Waals surface area contributed by atoms with Crippen LogP contribution in [0.4, 0.5) is 0 Å². The number of thioether (sulfide) groups is 1. The lowest BCUT2D eigenvalue weighted by Crippen LogP contribution is -2.46. The molecular formula is C26H25N3O6S2. The third-order valence-electron chi connectivity index (χ3n) is 5.87. The number of carbonyl (C=O) groups is 3. The first-order valence-electron chi connectivity index (χ1n) is 11.5. The van der Waals surface area contributed by atoms with Crippen LogP contribution in [-0.4, -0.2) is 68.7 Å². The van der Waals surface area contributed by atoms with Gasteiger partial charge in [-0.3, -0.25) is 14.7 Å². The van der Waals surface area contributed by atoms with Crippen LogP contribution in [0, 0.1) is 0 Å². The third-order valence-corrected chi connectivity index (χ3v) is 7.18. The molecule has 2 aliphatic heterocycles. The quantitative estimate of drug-likeness (QED) is 0.291. The summed E-state index contributed by atoms with van der Waals surface area (Å²) in [6, 6.07) is 14.5. The second-order valence-electron chi connectivity index (χ2n) is 8.21. The highest BCUT2D eigenvalue weighted by molar-refractivity contribution is 8.26. The molecule has 0 aliphatic carbocycles. The van der Waals surface area contributed by atoms with E-state index in [1.54, 1.807) is 38.3 Å². The van der Waals surface area contributed by atoms with Crippen LogP contribution in [0.5, 0.6) is 5.75 Å². The molecule has 2 atom stereocenters. The first-order valence-corrected chi connectivity index (χ1v) is 12.8. The van der Waals surface area contributed by atoms with Crippen LogP contribution in [0.25, 0.3) is 0 Å². The van der Waals surface area contributed by atoms with Crippen molar-refractivity contribution in [3.05, 3.63) is 76.8 Å². The fourth-order valence-corrected chi connectivity index (χ4v) is 5.34. The number of carboxylic acid groups (broad SMARTS) is 1. The number of carboxylic acids is 1. The normalized spacial score (nSPS) is 19.2. The number of hydrogen-bond acceptors (Lipinski definition) is 9. The van der Waals surface area contributed by atoms with Crippen LogP contribution in [0.3, 0.4) is 0 Å². The second kappa shape index (κ2) is 11.6. The molecule has 4 rings (SSSR count). The standard InChI is InChI=1S/C26H25N3O6S2/c1-3-35-25(33)21(13-16-7-5-4-6-8-16)29-23(30)22(37-26(29)36)15-28-20(24(31)32)14-19(27-28)17-9-11-18(34-2)12-10-17/h4-12,15,20-21H,3,13-14H2,1-2H3,(H,31,32)/b22-15-/t20-,21-/m0/s1. The number of ether oxygens (including phenoxy) is 2. The molecule has 0 spiro atoms. The molecule has 2 aromatic carbocycles. The van der Waals surface area contributed by atoms with E-state index in [0.717, 1.165) is 22.9 Å². The van der Waals surface area contributed by atoms with Crippen molar-refractivity contribution in [2.24, 2.45) is 5.10 Å². The lowest BCUT2D eigenvalue weighted by Gasteiger charge is -2.25. The topological polar surface area (TPSA) is 109 Å². The van der Waals surface area contributed by atoms with Gasteiger partial charge in [0.1, 0.15) is 16.1 Å². The fourth-order valence-electron chi connectivity index (χ4n) is 4.02. The van der Waals surface area contributed by atoms with Gasteiger partial charge in [-0.15, -0.1) is 0 Å². The minimum absolute atomic E-state index is 0.151. The summed E-state index contributed by atoms with van der Waals surface area (Å²) in [5.74, 6) is -1.47. The molecule has 1 fully saturated rings. The minimum atomic E-state index is -1.08. The molecule has 192 valence electrons. The average molecular weight is 540 g/mol. The Morgan fingerprint density at radius 1 is 1.22 bits per heavy atom. The van der Waals surface area contributed by atoms with Gasteiger partial charge in [-0.1, -0.05) is 54.3 Å². The average Bonchev–Trinajstić information content (AvgIpc) is 3.44. The Morgan fingerprint density at radius 3 is 2.54 bits per heavy atom. The van der Waals surface area contributed by atoms with E-state index in [4.69, 9.17) is 21.7 Å². The lowest BCUT2D eigenvalue weighted by atomic mass is 10.0. The van der Waals surface area contributed by atoms with E-state index in [9.17, 15) is 19.5 Å². The number of carbonyl (C=O) groups excluding carboxylic acids is 2. The fraction of sp³-hybridized carbons (Fsp3) is 0.269. The summed E-state index contributed by atoms with van der Waals surface area (Å²) in [4.78, 5) is 39.7. The molecule has 1 amide bonds. The Bertz CT molecular complexity index is 1260. The van der Waals surface area contributed by atoms with Crippen LogP contribution in [0.15, 0.2) is 70.8 Å². The molecule has 9 nitrogen and oxygen atoms in total. The van der Waals surface area contributed by atoms with Gasteiger partial charge >= 0.3 is 11.9 Å². The number of thiocarbonyl (C=S) groups is 1. The van der Waals surface area contributed by atoms with Crippen molar-refractivity contribution < 1.29 is 29.0 Å². The molecule has 2 aliphatic rings. The molecule has 1 saturated heterocycles. The number of hydrazone groups is 1. The predicted octanol–water partition coefficient (Wildman–Crippen LogP) is 3.43. The number of methoxy groups -OCH3 is 1. The zero-order valence-electron chi connectivity index (χ0n) is 20.2. The number of esters is 1. The number of hydrogen-bond donors (Lipinski definition) is 1. The Hall–Kier alpha value is -3.70. The van der Waals surface area contributed by atoms with Crippen molar-refractivity contribution in [1.82, 2.24) is 9.91 Å². The van der Waals surface area contributed by atoms with Crippen LogP contribution < -0.4 is 4.74 Å². The highest BCUT2D eigenvalue weighted by atomic mass is 32.2. The zero-order chi connectivity index (χ0) is 26.5. The van der Waals surface area contributed by atoms with Crippen molar-refractivity contribution in [1.29, 1.82) is 0 Å². The molecule has 11 heteroatoms. The van der Waals surface area contributed by atoms with E-state index in [1.165, 1.54) is 16.1 Å². The molecule has 0 radical (unpaired) electrons. The van der Waals surface area contributed by atoms with Crippen LogP contribution in [0.1, 0.15) is 24.5 Å². The molecule has 2 heterocycles. The Labute approximate surface area is 223 Å². The third kappa shape index (κ3) is 5.83. The summed E-state index contributed by atoms with van der Waals surface area (Å²) in [5.41, 5.74) is 2.16. The number of rotatable bonds is 9. The minimum Gasteiger partial charge on any atom is -0.497 e. The molecule has 0 bridgehead atoms.